The van der Waals surface area contributed by atoms with E-state index in [1.165, 1.54) is 96.3 Å². The van der Waals surface area contributed by atoms with Crippen molar-refractivity contribution in [1.82, 2.24) is 0 Å². The SMILES string of the molecule is CCCCCCCCCCCCCOP(=O)(O)OCCCCCCCCCC. The van der Waals surface area contributed by atoms with Gasteiger partial charge in [-0.1, -0.05) is 123 Å². The van der Waals surface area contributed by atoms with Crippen molar-refractivity contribution in [2.45, 2.75) is 136 Å². The Balaban J connectivity index is 3.31. The van der Waals surface area contributed by atoms with Crippen molar-refractivity contribution in [3.05, 3.63) is 0 Å². The number of hydrogen-bond donors (Lipinski definition) is 1. The largest absolute Gasteiger partial charge is 0.472 e. The first-order valence-electron chi connectivity index (χ1n) is 12.2. The lowest BCUT2D eigenvalue weighted by atomic mass is 10.1. The topological polar surface area (TPSA) is 55.8 Å². The van der Waals surface area contributed by atoms with Crippen LogP contribution in [0.15, 0.2) is 0 Å². The lowest BCUT2D eigenvalue weighted by Crippen LogP contribution is -1.99. The van der Waals surface area contributed by atoms with Crippen LogP contribution in [0.3, 0.4) is 0 Å². The Kier molecular flexibility index (Phi) is 21.9. The average molecular weight is 421 g/mol. The van der Waals surface area contributed by atoms with Crippen LogP contribution in [0, 0.1) is 0 Å². The van der Waals surface area contributed by atoms with Crippen LogP contribution in [0.5, 0.6) is 0 Å². The van der Waals surface area contributed by atoms with Crippen molar-refractivity contribution in [3.8, 4) is 0 Å². The highest BCUT2D eigenvalue weighted by Crippen LogP contribution is 2.43. The maximum atomic E-state index is 11.8. The zero-order valence-corrected chi connectivity index (χ0v) is 19.9. The van der Waals surface area contributed by atoms with E-state index in [-0.39, 0.29) is 0 Å². The fourth-order valence-electron chi connectivity index (χ4n) is 3.40. The molecule has 1 N–H and O–H groups in total. The first-order chi connectivity index (χ1) is 13.6. The van der Waals surface area contributed by atoms with Gasteiger partial charge in [-0.25, -0.2) is 4.57 Å². The molecule has 0 rings (SSSR count). The third kappa shape index (κ3) is 22.4. The summed E-state index contributed by atoms with van der Waals surface area (Å²) in [7, 11) is -3.84. The monoisotopic (exact) mass is 420 g/mol. The van der Waals surface area contributed by atoms with Crippen LogP contribution in [0.2, 0.25) is 0 Å². The molecule has 1 unspecified atom stereocenters. The van der Waals surface area contributed by atoms with Gasteiger partial charge in [0.2, 0.25) is 0 Å². The fourth-order valence-corrected chi connectivity index (χ4v) is 4.19. The van der Waals surface area contributed by atoms with Gasteiger partial charge in [-0.05, 0) is 12.8 Å². The Morgan fingerprint density at radius 1 is 0.500 bits per heavy atom. The number of phosphoric acid groups is 1. The van der Waals surface area contributed by atoms with E-state index in [2.05, 4.69) is 13.8 Å². The van der Waals surface area contributed by atoms with Gasteiger partial charge in [0, 0.05) is 0 Å². The molecular formula is C23H49O4P. The third-order valence-corrected chi connectivity index (χ3v) is 6.27. The van der Waals surface area contributed by atoms with E-state index in [0.717, 1.165) is 25.7 Å². The van der Waals surface area contributed by atoms with Crippen molar-refractivity contribution in [3.63, 3.8) is 0 Å². The van der Waals surface area contributed by atoms with Gasteiger partial charge in [0.1, 0.15) is 0 Å². The molecule has 0 aliphatic carbocycles. The first kappa shape index (κ1) is 28.1. The molecule has 0 radical (unpaired) electrons. The van der Waals surface area contributed by atoms with Gasteiger partial charge in [-0.2, -0.15) is 0 Å². The van der Waals surface area contributed by atoms with Crippen molar-refractivity contribution >= 4 is 7.82 Å². The van der Waals surface area contributed by atoms with Crippen LogP contribution in [0.4, 0.5) is 0 Å². The second-order valence-electron chi connectivity index (χ2n) is 8.15. The molecular weight excluding hydrogens is 371 g/mol. The summed E-state index contributed by atoms with van der Waals surface area (Å²) in [5.41, 5.74) is 0. The summed E-state index contributed by atoms with van der Waals surface area (Å²) in [6.45, 7) is 5.12. The maximum absolute atomic E-state index is 11.8. The molecule has 0 saturated heterocycles. The Labute approximate surface area is 175 Å². The molecule has 5 heteroatoms. The molecule has 0 heterocycles. The molecule has 0 aliphatic heterocycles. The van der Waals surface area contributed by atoms with E-state index in [1.54, 1.807) is 0 Å². The number of rotatable bonds is 23. The van der Waals surface area contributed by atoms with Crippen molar-refractivity contribution in [2.75, 3.05) is 13.2 Å². The molecule has 0 aliphatic rings. The first-order valence-corrected chi connectivity index (χ1v) is 13.7. The van der Waals surface area contributed by atoms with E-state index in [0.29, 0.717) is 13.2 Å². The molecule has 0 saturated carbocycles. The molecule has 0 bridgehead atoms. The van der Waals surface area contributed by atoms with Crippen LogP contribution in [0.1, 0.15) is 136 Å². The predicted octanol–water partition coefficient (Wildman–Crippen LogP) is 8.57. The van der Waals surface area contributed by atoms with Crippen LogP contribution < -0.4 is 0 Å². The Morgan fingerprint density at radius 2 is 0.750 bits per heavy atom. The van der Waals surface area contributed by atoms with E-state index in [1.807, 2.05) is 0 Å². The van der Waals surface area contributed by atoms with E-state index < -0.39 is 7.82 Å². The summed E-state index contributed by atoms with van der Waals surface area (Å²) in [6.07, 6.45) is 23.4. The Morgan fingerprint density at radius 3 is 1.04 bits per heavy atom. The lowest BCUT2D eigenvalue weighted by Gasteiger charge is -2.12. The molecule has 0 amide bonds. The van der Waals surface area contributed by atoms with Gasteiger partial charge in [0.15, 0.2) is 0 Å². The maximum Gasteiger partial charge on any atom is 0.472 e. The van der Waals surface area contributed by atoms with Crippen LogP contribution in [0.25, 0.3) is 0 Å². The second-order valence-corrected chi connectivity index (χ2v) is 9.60. The quantitative estimate of drug-likeness (QED) is 0.133. The normalized spacial score (nSPS) is 13.7. The van der Waals surface area contributed by atoms with Gasteiger partial charge in [-0.15, -0.1) is 0 Å². The summed E-state index contributed by atoms with van der Waals surface area (Å²) in [4.78, 5) is 9.69. The molecule has 4 nitrogen and oxygen atoms in total. The summed E-state index contributed by atoms with van der Waals surface area (Å²) in [6, 6.07) is 0. The highest BCUT2D eigenvalue weighted by atomic mass is 31.2. The van der Waals surface area contributed by atoms with Crippen LogP contribution >= 0.6 is 7.82 Å². The van der Waals surface area contributed by atoms with Gasteiger partial charge in [-0.3, -0.25) is 9.05 Å². The van der Waals surface area contributed by atoms with Crippen LogP contribution in [-0.2, 0) is 13.6 Å². The summed E-state index contributed by atoms with van der Waals surface area (Å²) >= 11 is 0. The smallest absolute Gasteiger partial charge is 0.302 e. The highest BCUT2D eigenvalue weighted by molar-refractivity contribution is 7.47. The zero-order valence-electron chi connectivity index (χ0n) is 19.0. The molecule has 1 atom stereocenters. The van der Waals surface area contributed by atoms with Gasteiger partial charge in [0.25, 0.3) is 0 Å². The van der Waals surface area contributed by atoms with Crippen molar-refractivity contribution in [1.29, 1.82) is 0 Å². The fraction of sp³-hybridized carbons (Fsp3) is 1.00. The third-order valence-electron chi connectivity index (χ3n) is 5.25. The summed E-state index contributed by atoms with van der Waals surface area (Å²) in [5, 5.41) is 0. The molecule has 28 heavy (non-hydrogen) atoms. The molecule has 0 fully saturated rings. The van der Waals surface area contributed by atoms with Crippen molar-refractivity contribution in [2.24, 2.45) is 0 Å². The summed E-state index contributed by atoms with van der Waals surface area (Å²) < 4.78 is 22.0. The zero-order chi connectivity index (χ0) is 20.8. The summed E-state index contributed by atoms with van der Waals surface area (Å²) in [5.74, 6) is 0. The number of phosphoric ester groups is 1. The molecule has 0 aromatic heterocycles. The molecule has 0 spiro atoms. The Bertz CT molecular complexity index is 349. The lowest BCUT2D eigenvalue weighted by molar-refractivity contribution is 0.145. The molecule has 0 aromatic carbocycles. The standard InChI is InChI=1S/C23H49O4P/c1-3-5-7-9-11-13-14-15-17-19-21-23-27-28(24,25)26-22-20-18-16-12-10-8-6-4-2/h3-23H2,1-2H3,(H,24,25). The number of hydrogen-bond acceptors (Lipinski definition) is 3. The van der Waals surface area contributed by atoms with Crippen molar-refractivity contribution < 1.29 is 18.5 Å². The van der Waals surface area contributed by atoms with E-state index >= 15 is 0 Å². The minimum absolute atomic E-state index is 0.320. The number of unbranched alkanes of at least 4 members (excludes halogenated alkanes) is 17. The Hall–Kier alpha value is 0.110. The average Bonchev–Trinajstić information content (AvgIpc) is 2.67. The van der Waals surface area contributed by atoms with E-state index in [9.17, 15) is 9.46 Å². The van der Waals surface area contributed by atoms with Gasteiger partial charge in [0.05, 0.1) is 13.2 Å². The molecule has 170 valence electrons. The minimum Gasteiger partial charge on any atom is -0.302 e. The van der Waals surface area contributed by atoms with E-state index in [4.69, 9.17) is 9.05 Å². The van der Waals surface area contributed by atoms with Crippen LogP contribution in [-0.4, -0.2) is 18.1 Å². The second kappa shape index (κ2) is 21.8. The molecule has 0 aromatic rings. The minimum atomic E-state index is -3.84. The highest BCUT2D eigenvalue weighted by Gasteiger charge is 2.19. The van der Waals surface area contributed by atoms with Gasteiger partial charge < -0.3 is 4.89 Å². The van der Waals surface area contributed by atoms with Gasteiger partial charge >= 0.3 is 7.82 Å². The predicted molar refractivity (Wildman–Crippen MR) is 121 cm³/mol.